The van der Waals surface area contributed by atoms with Crippen LogP contribution in [0.2, 0.25) is 0 Å². The van der Waals surface area contributed by atoms with E-state index in [4.69, 9.17) is 9.47 Å². The van der Waals surface area contributed by atoms with Gasteiger partial charge in [0.25, 0.3) is 0 Å². The van der Waals surface area contributed by atoms with Crippen molar-refractivity contribution in [2.24, 2.45) is 0 Å². The minimum atomic E-state index is -0.948. The van der Waals surface area contributed by atoms with Crippen LogP contribution in [0.1, 0.15) is 48.8 Å². The van der Waals surface area contributed by atoms with Crippen LogP contribution in [0.25, 0.3) is 27.5 Å². The van der Waals surface area contributed by atoms with Crippen LogP contribution in [0.15, 0.2) is 36.5 Å². The van der Waals surface area contributed by atoms with E-state index in [1.807, 2.05) is 10.6 Å². The molecule has 2 N–H and O–H groups in total. The second kappa shape index (κ2) is 8.73. The lowest BCUT2D eigenvalue weighted by molar-refractivity contribution is -0.153. The molecule has 4 heterocycles. The molecular weight excluding hydrogens is 456 g/mol. The molecule has 4 aromatic rings. The molecule has 6 rings (SSSR count). The smallest absolute Gasteiger partial charge is 0.332 e. The molecule has 2 aliphatic rings. The first-order chi connectivity index (χ1) is 17.0. The molecule has 35 heavy (non-hydrogen) atoms. The zero-order chi connectivity index (χ0) is 24.1. The number of hydrogen-bond acceptors (Lipinski definition) is 4. The zero-order valence-corrected chi connectivity index (χ0v) is 19.0. The summed E-state index contributed by atoms with van der Waals surface area (Å²) in [5.41, 5.74) is 4.42. The quantitative estimate of drug-likeness (QED) is 0.427. The number of halogens is 2. The molecule has 1 unspecified atom stereocenters. The number of carboxylic acid groups (broad SMARTS) is 1. The van der Waals surface area contributed by atoms with Crippen molar-refractivity contribution in [3.8, 4) is 5.69 Å². The Balaban J connectivity index is 1.62. The molecule has 2 aliphatic heterocycles. The van der Waals surface area contributed by atoms with Gasteiger partial charge in [-0.1, -0.05) is 0 Å². The van der Waals surface area contributed by atoms with Crippen molar-refractivity contribution in [2.75, 3.05) is 19.8 Å². The van der Waals surface area contributed by atoms with Gasteiger partial charge in [-0.25, -0.2) is 13.6 Å². The van der Waals surface area contributed by atoms with Gasteiger partial charge >= 0.3 is 5.97 Å². The summed E-state index contributed by atoms with van der Waals surface area (Å²) in [5.74, 6) is -2.63. The third kappa shape index (κ3) is 3.79. The molecular formula is C26H25F2N3O4. The van der Waals surface area contributed by atoms with Crippen LogP contribution in [0.4, 0.5) is 8.78 Å². The first kappa shape index (κ1) is 22.2. The number of aromatic nitrogens is 3. The van der Waals surface area contributed by atoms with Crippen LogP contribution >= 0.6 is 0 Å². The molecule has 0 saturated carbocycles. The van der Waals surface area contributed by atoms with Crippen LogP contribution in [0.3, 0.4) is 0 Å². The Morgan fingerprint density at radius 1 is 1.06 bits per heavy atom. The predicted octanol–water partition coefficient (Wildman–Crippen LogP) is 5.03. The normalized spacial score (nSPS) is 21.7. The number of carboxylic acids is 1. The number of ether oxygens (including phenoxy) is 2. The first-order valence-electron chi connectivity index (χ1n) is 11.9. The molecule has 0 radical (unpaired) electrons. The number of benzene rings is 2. The molecule has 0 spiro atoms. The van der Waals surface area contributed by atoms with E-state index in [-0.39, 0.29) is 18.4 Å². The number of H-pyrrole nitrogens is 1. The molecule has 2 aromatic carbocycles. The van der Waals surface area contributed by atoms with Crippen LogP contribution in [0.5, 0.6) is 0 Å². The second-order valence-electron chi connectivity index (χ2n) is 9.38. The molecule has 182 valence electrons. The summed E-state index contributed by atoms with van der Waals surface area (Å²) in [6.07, 6.45) is 3.61. The summed E-state index contributed by atoms with van der Waals surface area (Å²) >= 11 is 0. The molecule has 9 heteroatoms. The van der Waals surface area contributed by atoms with Gasteiger partial charge in [-0.3, -0.25) is 5.10 Å². The van der Waals surface area contributed by atoms with Crippen molar-refractivity contribution >= 4 is 27.8 Å². The lowest BCUT2D eigenvalue weighted by Crippen LogP contribution is -2.31. The number of nitrogens with one attached hydrogen (secondary N) is 1. The Hall–Kier alpha value is -3.30. The molecule has 0 amide bonds. The van der Waals surface area contributed by atoms with Gasteiger partial charge in [0.1, 0.15) is 0 Å². The Labute approximate surface area is 199 Å². The predicted molar refractivity (Wildman–Crippen MR) is 125 cm³/mol. The Bertz CT molecular complexity index is 1420. The van der Waals surface area contributed by atoms with Gasteiger partial charge in [-0.05, 0) is 55.5 Å². The van der Waals surface area contributed by atoms with Gasteiger partial charge in [0, 0.05) is 53.3 Å². The van der Waals surface area contributed by atoms with Crippen molar-refractivity contribution in [3.63, 3.8) is 0 Å². The summed E-state index contributed by atoms with van der Waals surface area (Å²) in [7, 11) is 0. The van der Waals surface area contributed by atoms with E-state index in [1.165, 1.54) is 6.07 Å². The highest BCUT2D eigenvalue weighted by molar-refractivity contribution is 5.99. The van der Waals surface area contributed by atoms with Crippen LogP contribution < -0.4 is 0 Å². The number of aliphatic carboxylic acids is 1. The second-order valence-corrected chi connectivity index (χ2v) is 9.38. The number of carbonyl (C=O) groups is 1. The van der Waals surface area contributed by atoms with E-state index >= 15 is 0 Å². The van der Waals surface area contributed by atoms with E-state index in [0.29, 0.717) is 31.7 Å². The SMILES string of the molecule is O=C(O)C1CC[C@@H](c2c(C3CCOCC3)n(-c3ccc(F)c(F)c3)c3cc4cn[nH]c4cc23)CO1. The van der Waals surface area contributed by atoms with Crippen molar-refractivity contribution in [2.45, 2.75) is 43.6 Å². The third-order valence-electron chi connectivity index (χ3n) is 7.33. The third-order valence-corrected chi connectivity index (χ3v) is 7.33. The monoisotopic (exact) mass is 481 g/mol. The topological polar surface area (TPSA) is 89.4 Å². The van der Waals surface area contributed by atoms with Crippen molar-refractivity contribution in [3.05, 3.63) is 59.4 Å². The largest absolute Gasteiger partial charge is 0.479 e. The van der Waals surface area contributed by atoms with Crippen LogP contribution in [-0.4, -0.2) is 51.8 Å². The number of aromatic amines is 1. The average molecular weight is 481 g/mol. The minimum Gasteiger partial charge on any atom is -0.479 e. The molecule has 0 aliphatic carbocycles. The fourth-order valence-corrected chi connectivity index (χ4v) is 5.65. The maximum atomic E-state index is 14.4. The highest BCUT2D eigenvalue weighted by atomic mass is 19.2. The molecule has 2 atom stereocenters. The highest BCUT2D eigenvalue weighted by Gasteiger charge is 2.35. The van der Waals surface area contributed by atoms with Crippen LogP contribution in [0, 0.1) is 11.6 Å². The molecule has 2 aromatic heterocycles. The maximum absolute atomic E-state index is 14.4. The van der Waals surface area contributed by atoms with Gasteiger partial charge < -0.3 is 19.1 Å². The van der Waals surface area contributed by atoms with Gasteiger partial charge in [0.15, 0.2) is 17.7 Å². The van der Waals surface area contributed by atoms with Crippen LogP contribution in [-0.2, 0) is 14.3 Å². The Kier molecular flexibility index (Phi) is 5.53. The maximum Gasteiger partial charge on any atom is 0.332 e. The standard InChI is InChI=1S/C26H25F2N3O4/c27-19-3-2-17(10-20(19)28)31-22-9-16-12-29-30-21(16)11-18(22)24(25(31)14-5-7-34-8-6-14)15-1-4-23(26(32)33)35-13-15/h2-3,9-12,14-15,23H,1,4-8,13H2,(H,29,30)(H,32,33)/t15-,23?/m1/s1. The van der Waals surface area contributed by atoms with Gasteiger partial charge in [0.2, 0.25) is 0 Å². The zero-order valence-electron chi connectivity index (χ0n) is 19.0. The van der Waals surface area contributed by atoms with Crippen molar-refractivity contribution in [1.29, 1.82) is 0 Å². The number of hydrogen-bond donors (Lipinski definition) is 2. The lowest BCUT2D eigenvalue weighted by atomic mass is 9.84. The van der Waals surface area contributed by atoms with E-state index in [9.17, 15) is 18.7 Å². The minimum absolute atomic E-state index is 0.0298. The van der Waals surface area contributed by atoms with E-state index in [2.05, 4.69) is 16.3 Å². The Morgan fingerprint density at radius 2 is 1.89 bits per heavy atom. The fourth-order valence-electron chi connectivity index (χ4n) is 5.65. The van der Waals surface area contributed by atoms with Crippen molar-refractivity contribution < 1.29 is 28.2 Å². The van der Waals surface area contributed by atoms with E-state index in [1.54, 1.807) is 12.3 Å². The number of rotatable bonds is 4. The van der Waals surface area contributed by atoms with E-state index in [0.717, 1.165) is 52.0 Å². The van der Waals surface area contributed by atoms with Gasteiger partial charge in [-0.15, -0.1) is 0 Å². The lowest BCUT2D eigenvalue weighted by Gasteiger charge is -2.31. The molecule has 7 nitrogen and oxygen atoms in total. The van der Waals surface area contributed by atoms with Gasteiger partial charge in [-0.2, -0.15) is 5.10 Å². The first-order valence-corrected chi connectivity index (χ1v) is 11.9. The van der Waals surface area contributed by atoms with Crippen molar-refractivity contribution in [1.82, 2.24) is 14.8 Å². The summed E-state index contributed by atoms with van der Waals surface area (Å²) in [5, 5.41) is 18.5. The van der Waals surface area contributed by atoms with Gasteiger partial charge in [0.05, 0.1) is 23.8 Å². The average Bonchev–Trinajstić information content (AvgIpc) is 3.46. The molecule has 2 fully saturated rings. The highest BCUT2D eigenvalue weighted by Crippen LogP contribution is 2.45. The molecule has 2 saturated heterocycles. The number of fused-ring (bicyclic) bond motifs is 2. The fraction of sp³-hybridized carbons (Fsp3) is 0.385. The number of nitrogens with zero attached hydrogens (tertiary/aromatic N) is 2. The Morgan fingerprint density at radius 3 is 2.60 bits per heavy atom. The summed E-state index contributed by atoms with van der Waals surface area (Å²) in [6.45, 7) is 1.53. The molecule has 0 bridgehead atoms. The summed E-state index contributed by atoms with van der Waals surface area (Å²) in [6, 6.07) is 8.06. The van der Waals surface area contributed by atoms with E-state index < -0.39 is 23.7 Å². The summed E-state index contributed by atoms with van der Waals surface area (Å²) < 4.78 is 41.7. The summed E-state index contributed by atoms with van der Waals surface area (Å²) in [4.78, 5) is 11.5.